The largest absolute Gasteiger partial charge is 0.245 e. The van der Waals surface area contributed by atoms with Gasteiger partial charge in [0.15, 0.2) is 0 Å². The maximum Gasteiger partial charge on any atom is 0.211 e. The Hall–Kier alpha value is -1.01. The van der Waals surface area contributed by atoms with Crippen molar-refractivity contribution in [2.45, 2.75) is 32.2 Å². The van der Waals surface area contributed by atoms with Crippen LogP contribution >= 0.6 is 0 Å². The molecular weight excluding hydrogens is 238 g/mol. The van der Waals surface area contributed by atoms with Crippen LogP contribution in [-0.4, -0.2) is 35.5 Å². The van der Waals surface area contributed by atoms with Gasteiger partial charge in [-0.1, -0.05) is 6.42 Å². The number of piperidine rings is 1. The van der Waals surface area contributed by atoms with Crippen LogP contribution in [-0.2, 0) is 10.0 Å². The summed E-state index contributed by atoms with van der Waals surface area (Å²) >= 11 is 0. The minimum Gasteiger partial charge on any atom is -0.245 e. The van der Waals surface area contributed by atoms with Crippen molar-refractivity contribution in [2.75, 3.05) is 12.8 Å². The van der Waals surface area contributed by atoms with Gasteiger partial charge in [0.1, 0.15) is 6.33 Å². The molecule has 1 aliphatic rings. The summed E-state index contributed by atoms with van der Waals surface area (Å²) in [5.74, 6) is 0. The van der Waals surface area contributed by atoms with Gasteiger partial charge in [-0.15, -0.1) is 0 Å². The van der Waals surface area contributed by atoms with E-state index in [-0.39, 0.29) is 6.04 Å². The van der Waals surface area contributed by atoms with Crippen LogP contribution in [0.1, 0.15) is 36.6 Å². The van der Waals surface area contributed by atoms with Crippen molar-refractivity contribution in [3.8, 4) is 0 Å². The number of aryl methyl sites for hydroxylation is 1. The molecule has 1 atom stereocenters. The van der Waals surface area contributed by atoms with Crippen LogP contribution < -0.4 is 0 Å². The molecule has 0 radical (unpaired) electrons. The fourth-order valence-electron chi connectivity index (χ4n) is 2.33. The molecule has 0 saturated carbocycles. The third-order valence-electron chi connectivity index (χ3n) is 3.13. The Morgan fingerprint density at radius 2 is 2.18 bits per heavy atom. The van der Waals surface area contributed by atoms with Crippen LogP contribution in [0, 0.1) is 6.92 Å². The molecular formula is C11H17N3O2S. The quantitative estimate of drug-likeness (QED) is 0.798. The van der Waals surface area contributed by atoms with Crippen LogP contribution in [0.25, 0.3) is 0 Å². The maximum absolute atomic E-state index is 11.8. The van der Waals surface area contributed by atoms with Crippen LogP contribution in [0.4, 0.5) is 0 Å². The van der Waals surface area contributed by atoms with Gasteiger partial charge < -0.3 is 0 Å². The number of rotatable bonds is 2. The third-order valence-corrected chi connectivity index (χ3v) is 4.42. The van der Waals surface area contributed by atoms with Gasteiger partial charge in [0, 0.05) is 12.7 Å². The average Bonchev–Trinajstić information content (AvgIpc) is 2.28. The molecule has 0 unspecified atom stereocenters. The van der Waals surface area contributed by atoms with Crippen molar-refractivity contribution in [1.82, 2.24) is 14.3 Å². The molecule has 0 aromatic carbocycles. The molecule has 1 aliphatic heterocycles. The Labute approximate surface area is 102 Å². The topological polar surface area (TPSA) is 63.2 Å². The van der Waals surface area contributed by atoms with Crippen molar-refractivity contribution in [2.24, 2.45) is 0 Å². The number of aromatic nitrogens is 2. The van der Waals surface area contributed by atoms with Gasteiger partial charge in [0.2, 0.25) is 10.0 Å². The fraction of sp³-hybridized carbons (Fsp3) is 0.636. The van der Waals surface area contributed by atoms with Crippen molar-refractivity contribution < 1.29 is 8.42 Å². The summed E-state index contributed by atoms with van der Waals surface area (Å²) in [5, 5.41) is 0. The molecule has 0 aliphatic carbocycles. The summed E-state index contributed by atoms with van der Waals surface area (Å²) in [6.07, 6.45) is 7.29. The molecule has 1 saturated heterocycles. The molecule has 5 nitrogen and oxygen atoms in total. The van der Waals surface area contributed by atoms with Crippen molar-refractivity contribution >= 4 is 10.0 Å². The highest BCUT2D eigenvalue weighted by Crippen LogP contribution is 2.32. The van der Waals surface area contributed by atoms with E-state index in [1.54, 1.807) is 10.5 Å². The lowest BCUT2D eigenvalue weighted by Crippen LogP contribution is -2.38. The number of hydrogen-bond acceptors (Lipinski definition) is 4. The van der Waals surface area contributed by atoms with E-state index >= 15 is 0 Å². The lowest BCUT2D eigenvalue weighted by Gasteiger charge is -2.33. The zero-order valence-electron chi connectivity index (χ0n) is 10.1. The Balaban J connectivity index is 2.38. The Bertz CT molecular complexity index is 501. The van der Waals surface area contributed by atoms with Gasteiger partial charge in [-0.2, -0.15) is 4.31 Å². The second kappa shape index (κ2) is 4.70. The normalized spacial score (nSPS) is 22.6. The zero-order chi connectivity index (χ0) is 12.5. The first kappa shape index (κ1) is 12.4. The predicted molar refractivity (Wildman–Crippen MR) is 64.9 cm³/mol. The summed E-state index contributed by atoms with van der Waals surface area (Å²) in [6.45, 7) is 2.51. The van der Waals surface area contributed by atoms with Crippen molar-refractivity contribution in [3.63, 3.8) is 0 Å². The van der Waals surface area contributed by atoms with E-state index in [1.165, 1.54) is 12.6 Å². The van der Waals surface area contributed by atoms with E-state index < -0.39 is 10.0 Å². The van der Waals surface area contributed by atoms with E-state index in [4.69, 9.17) is 0 Å². The van der Waals surface area contributed by atoms with Gasteiger partial charge >= 0.3 is 0 Å². The molecule has 1 aromatic heterocycles. The molecule has 0 spiro atoms. The van der Waals surface area contributed by atoms with Crippen LogP contribution in [0.15, 0.2) is 12.5 Å². The second-order valence-corrected chi connectivity index (χ2v) is 6.41. The minimum absolute atomic E-state index is 0.123. The van der Waals surface area contributed by atoms with Gasteiger partial charge in [-0.25, -0.2) is 18.4 Å². The summed E-state index contributed by atoms with van der Waals surface area (Å²) in [5.41, 5.74) is 1.79. The highest BCUT2D eigenvalue weighted by atomic mass is 32.2. The summed E-state index contributed by atoms with van der Waals surface area (Å²) < 4.78 is 25.1. The highest BCUT2D eigenvalue weighted by Gasteiger charge is 2.32. The fourth-order valence-corrected chi connectivity index (χ4v) is 3.46. The van der Waals surface area contributed by atoms with Gasteiger partial charge in [-0.3, -0.25) is 0 Å². The van der Waals surface area contributed by atoms with Crippen LogP contribution in [0.3, 0.4) is 0 Å². The first-order chi connectivity index (χ1) is 8.00. The van der Waals surface area contributed by atoms with E-state index in [9.17, 15) is 8.42 Å². The average molecular weight is 255 g/mol. The molecule has 17 heavy (non-hydrogen) atoms. The van der Waals surface area contributed by atoms with Crippen molar-refractivity contribution in [1.29, 1.82) is 0 Å². The zero-order valence-corrected chi connectivity index (χ0v) is 10.9. The van der Waals surface area contributed by atoms with E-state index in [1.807, 2.05) is 6.92 Å². The molecule has 2 rings (SSSR count). The smallest absolute Gasteiger partial charge is 0.211 e. The Kier molecular flexibility index (Phi) is 3.44. The molecule has 6 heteroatoms. The summed E-state index contributed by atoms with van der Waals surface area (Å²) in [4.78, 5) is 8.20. The predicted octanol–water partition coefficient (Wildman–Crippen LogP) is 1.27. The lowest BCUT2D eigenvalue weighted by atomic mass is 9.99. The molecule has 0 amide bonds. The van der Waals surface area contributed by atoms with E-state index in [2.05, 4.69) is 9.97 Å². The van der Waals surface area contributed by atoms with Crippen LogP contribution in [0.5, 0.6) is 0 Å². The van der Waals surface area contributed by atoms with E-state index in [0.717, 1.165) is 30.5 Å². The first-order valence-electron chi connectivity index (χ1n) is 5.73. The Morgan fingerprint density at radius 1 is 1.41 bits per heavy atom. The summed E-state index contributed by atoms with van der Waals surface area (Å²) in [7, 11) is -3.17. The minimum atomic E-state index is -3.17. The second-order valence-electron chi connectivity index (χ2n) is 4.48. The number of sulfonamides is 1. The van der Waals surface area contributed by atoms with Gasteiger partial charge in [0.05, 0.1) is 18.0 Å². The van der Waals surface area contributed by atoms with Gasteiger partial charge in [0.25, 0.3) is 0 Å². The molecule has 1 aromatic rings. The van der Waals surface area contributed by atoms with Crippen LogP contribution in [0.2, 0.25) is 0 Å². The highest BCUT2D eigenvalue weighted by molar-refractivity contribution is 7.88. The monoisotopic (exact) mass is 255 g/mol. The molecule has 94 valence electrons. The number of nitrogens with zero attached hydrogens (tertiary/aromatic N) is 3. The first-order valence-corrected chi connectivity index (χ1v) is 7.58. The lowest BCUT2D eigenvalue weighted by molar-refractivity contribution is 0.252. The van der Waals surface area contributed by atoms with Gasteiger partial charge in [-0.05, 0) is 25.3 Å². The maximum atomic E-state index is 11.8. The molecule has 0 bridgehead atoms. The standard InChI is InChI=1S/C11H17N3O2S/c1-9-7-12-8-13-11(9)10-5-3-4-6-14(10)17(2,15)16/h7-8,10H,3-6H2,1-2H3/t10-/m1/s1. The molecule has 0 N–H and O–H groups in total. The van der Waals surface area contributed by atoms with E-state index in [0.29, 0.717) is 6.54 Å². The third kappa shape index (κ3) is 2.63. The molecule has 2 heterocycles. The molecule has 1 fully saturated rings. The Morgan fingerprint density at radius 3 is 2.82 bits per heavy atom. The van der Waals surface area contributed by atoms with Crippen molar-refractivity contribution in [3.05, 3.63) is 23.8 Å². The SMILES string of the molecule is Cc1cncnc1[C@H]1CCCCN1S(C)(=O)=O. The summed E-state index contributed by atoms with van der Waals surface area (Å²) in [6, 6.07) is -0.123. The number of hydrogen-bond donors (Lipinski definition) is 0.